The standard InChI is InChI=1S/C23H30N2O2/c1-16-11-17(2)13-19(12-16)22(27)24-14-21(26)25(6)15-18-7-9-20(10-8-18)23(3,4)5/h7-13H,14-15H2,1-6H3,(H,24,27). The van der Waals surface area contributed by atoms with Crippen LogP contribution in [0.15, 0.2) is 42.5 Å². The third-order valence-electron chi connectivity index (χ3n) is 4.55. The van der Waals surface area contributed by atoms with Crippen LogP contribution < -0.4 is 5.32 Å². The van der Waals surface area contributed by atoms with Gasteiger partial charge in [0.05, 0.1) is 6.54 Å². The van der Waals surface area contributed by atoms with Crippen LogP contribution in [0.5, 0.6) is 0 Å². The first-order chi connectivity index (χ1) is 12.6. The van der Waals surface area contributed by atoms with Gasteiger partial charge >= 0.3 is 0 Å². The summed E-state index contributed by atoms with van der Waals surface area (Å²) in [6.07, 6.45) is 0. The number of nitrogens with one attached hydrogen (secondary N) is 1. The minimum Gasteiger partial charge on any atom is -0.343 e. The molecule has 0 heterocycles. The van der Waals surface area contributed by atoms with Gasteiger partial charge in [-0.2, -0.15) is 0 Å². The molecule has 0 aliphatic rings. The summed E-state index contributed by atoms with van der Waals surface area (Å²) >= 11 is 0. The second-order valence-electron chi connectivity index (χ2n) is 8.26. The molecule has 2 aromatic carbocycles. The maximum Gasteiger partial charge on any atom is 0.251 e. The summed E-state index contributed by atoms with van der Waals surface area (Å²) in [5.74, 6) is -0.342. The third kappa shape index (κ3) is 5.95. The number of hydrogen-bond acceptors (Lipinski definition) is 2. The molecule has 0 aliphatic heterocycles. The van der Waals surface area contributed by atoms with Crippen LogP contribution in [0.3, 0.4) is 0 Å². The lowest BCUT2D eigenvalue weighted by atomic mass is 9.87. The van der Waals surface area contributed by atoms with Gasteiger partial charge in [-0.1, -0.05) is 62.2 Å². The van der Waals surface area contributed by atoms with Gasteiger partial charge in [-0.25, -0.2) is 0 Å². The maximum atomic E-state index is 12.4. The van der Waals surface area contributed by atoms with E-state index in [1.807, 2.05) is 32.0 Å². The first-order valence-corrected chi connectivity index (χ1v) is 9.26. The highest BCUT2D eigenvalue weighted by atomic mass is 16.2. The zero-order valence-corrected chi connectivity index (χ0v) is 17.2. The molecule has 2 aromatic rings. The Labute approximate surface area is 162 Å². The van der Waals surface area contributed by atoms with E-state index in [-0.39, 0.29) is 23.8 Å². The molecule has 0 unspecified atom stereocenters. The first kappa shape index (κ1) is 20.7. The normalized spacial score (nSPS) is 11.2. The van der Waals surface area contributed by atoms with E-state index in [2.05, 4.69) is 50.4 Å². The topological polar surface area (TPSA) is 49.4 Å². The average molecular weight is 367 g/mol. The summed E-state index contributed by atoms with van der Waals surface area (Å²) < 4.78 is 0. The minimum atomic E-state index is -0.224. The number of hydrogen-bond donors (Lipinski definition) is 1. The number of rotatable bonds is 5. The highest BCUT2D eigenvalue weighted by Gasteiger charge is 2.15. The van der Waals surface area contributed by atoms with Gasteiger partial charge in [0.25, 0.3) is 5.91 Å². The number of benzene rings is 2. The number of aryl methyl sites for hydroxylation is 2. The number of carbonyl (C=O) groups is 2. The molecule has 0 radical (unpaired) electrons. The van der Waals surface area contributed by atoms with E-state index in [1.165, 1.54) is 5.56 Å². The van der Waals surface area contributed by atoms with Crippen molar-refractivity contribution in [3.8, 4) is 0 Å². The Morgan fingerprint density at radius 3 is 2.04 bits per heavy atom. The van der Waals surface area contributed by atoms with Crippen molar-refractivity contribution in [3.63, 3.8) is 0 Å². The molecule has 0 saturated heterocycles. The summed E-state index contributed by atoms with van der Waals surface area (Å²) in [6, 6.07) is 14.0. The van der Waals surface area contributed by atoms with Gasteiger partial charge in [0.15, 0.2) is 0 Å². The van der Waals surface area contributed by atoms with Crippen molar-refractivity contribution in [2.75, 3.05) is 13.6 Å². The van der Waals surface area contributed by atoms with E-state index >= 15 is 0 Å². The third-order valence-corrected chi connectivity index (χ3v) is 4.55. The Hall–Kier alpha value is -2.62. The Morgan fingerprint density at radius 2 is 1.52 bits per heavy atom. The van der Waals surface area contributed by atoms with Crippen LogP contribution in [0, 0.1) is 13.8 Å². The summed E-state index contributed by atoms with van der Waals surface area (Å²) in [7, 11) is 1.75. The molecular formula is C23H30N2O2. The smallest absolute Gasteiger partial charge is 0.251 e. The van der Waals surface area contributed by atoms with E-state index in [9.17, 15) is 9.59 Å². The van der Waals surface area contributed by atoms with E-state index in [0.29, 0.717) is 12.1 Å². The van der Waals surface area contributed by atoms with Crippen LogP contribution in [-0.4, -0.2) is 30.3 Å². The van der Waals surface area contributed by atoms with Gasteiger partial charge in [-0.15, -0.1) is 0 Å². The number of likely N-dealkylation sites (N-methyl/N-ethyl adjacent to an activating group) is 1. The van der Waals surface area contributed by atoms with E-state index in [1.54, 1.807) is 11.9 Å². The zero-order valence-electron chi connectivity index (χ0n) is 17.2. The van der Waals surface area contributed by atoms with E-state index in [0.717, 1.165) is 16.7 Å². The highest BCUT2D eigenvalue weighted by Crippen LogP contribution is 2.22. The van der Waals surface area contributed by atoms with Gasteiger partial charge in [0.1, 0.15) is 0 Å². The predicted molar refractivity (Wildman–Crippen MR) is 110 cm³/mol. The molecule has 0 aromatic heterocycles. The second kappa shape index (κ2) is 8.38. The number of nitrogens with zero attached hydrogens (tertiary/aromatic N) is 1. The number of amides is 2. The van der Waals surface area contributed by atoms with Crippen LogP contribution >= 0.6 is 0 Å². The lowest BCUT2D eigenvalue weighted by Crippen LogP contribution is -2.37. The van der Waals surface area contributed by atoms with Crippen molar-refractivity contribution in [1.82, 2.24) is 10.2 Å². The van der Waals surface area contributed by atoms with Gasteiger partial charge in [-0.05, 0) is 42.5 Å². The molecule has 0 saturated carbocycles. The lowest BCUT2D eigenvalue weighted by Gasteiger charge is -2.21. The van der Waals surface area contributed by atoms with Crippen LogP contribution in [0.2, 0.25) is 0 Å². The Bertz CT molecular complexity index is 797. The molecule has 27 heavy (non-hydrogen) atoms. The fourth-order valence-electron chi connectivity index (χ4n) is 2.97. The van der Waals surface area contributed by atoms with Gasteiger partial charge < -0.3 is 10.2 Å². The molecule has 0 fully saturated rings. The molecule has 0 spiro atoms. The van der Waals surface area contributed by atoms with Crippen molar-refractivity contribution in [2.45, 2.75) is 46.6 Å². The minimum absolute atomic E-state index is 0.0115. The number of carbonyl (C=O) groups excluding carboxylic acids is 2. The zero-order chi connectivity index (χ0) is 20.2. The summed E-state index contributed by atoms with van der Waals surface area (Å²) in [6.45, 7) is 10.9. The lowest BCUT2D eigenvalue weighted by molar-refractivity contribution is -0.129. The van der Waals surface area contributed by atoms with Crippen molar-refractivity contribution >= 4 is 11.8 Å². The van der Waals surface area contributed by atoms with Crippen molar-refractivity contribution in [1.29, 1.82) is 0 Å². The van der Waals surface area contributed by atoms with Crippen molar-refractivity contribution < 1.29 is 9.59 Å². The van der Waals surface area contributed by atoms with Crippen molar-refractivity contribution in [2.24, 2.45) is 0 Å². The summed E-state index contributed by atoms with van der Waals surface area (Å²) in [5, 5.41) is 2.72. The Balaban J connectivity index is 1.90. The monoisotopic (exact) mass is 366 g/mol. The van der Waals surface area contributed by atoms with Crippen LogP contribution in [0.25, 0.3) is 0 Å². The fraction of sp³-hybridized carbons (Fsp3) is 0.391. The molecule has 2 rings (SSSR count). The van der Waals surface area contributed by atoms with E-state index in [4.69, 9.17) is 0 Å². The molecule has 0 atom stereocenters. The summed E-state index contributed by atoms with van der Waals surface area (Å²) in [5.41, 5.74) is 5.09. The molecule has 0 aliphatic carbocycles. The second-order valence-corrected chi connectivity index (χ2v) is 8.26. The molecular weight excluding hydrogens is 336 g/mol. The quantitative estimate of drug-likeness (QED) is 0.870. The van der Waals surface area contributed by atoms with Gasteiger partial charge in [0.2, 0.25) is 5.91 Å². The summed E-state index contributed by atoms with van der Waals surface area (Å²) in [4.78, 5) is 26.3. The highest BCUT2D eigenvalue weighted by molar-refractivity contribution is 5.96. The Morgan fingerprint density at radius 1 is 0.963 bits per heavy atom. The first-order valence-electron chi connectivity index (χ1n) is 9.26. The Kier molecular flexibility index (Phi) is 6.42. The largest absolute Gasteiger partial charge is 0.343 e. The van der Waals surface area contributed by atoms with Crippen LogP contribution in [0.1, 0.15) is 53.4 Å². The molecule has 1 N–H and O–H groups in total. The maximum absolute atomic E-state index is 12.4. The molecule has 2 amide bonds. The molecule has 4 heteroatoms. The fourth-order valence-corrected chi connectivity index (χ4v) is 2.97. The average Bonchev–Trinajstić information content (AvgIpc) is 2.58. The van der Waals surface area contributed by atoms with Crippen LogP contribution in [0.4, 0.5) is 0 Å². The SMILES string of the molecule is Cc1cc(C)cc(C(=O)NCC(=O)N(C)Cc2ccc(C(C)(C)C)cc2)c1. The van der Waals surface area contributed by atoms with Crippen LogP contribution in [-0.2, 0) is 16.8 Å². The molecule has 0 bridgehead atoms. The molecule has 144 valence electrons. The van der Waals surface area contributed by atoms with Gasteiger partial charge in [-0.3, -0.25) is 9.59 Å². The predicted octanol–water partition coefficient (Wildman–Crippen LogP) is 3.99. The van der Waals surface area contributed by atoms with Gasteiger partial charge in [0, 0.05) is 19.2 Å². The molecule has 4 nitrogen and oxygen atoms in total. The van der Waals surface area contributed by atoms with E-state index < -0.39 is 0 Å². The van der Waals surface area contributed by atoms with Crippen molar-refractivity contribution in [3.05, 3.63) is 70.3 Å².